The molecule has 0 amide bonds. The maximum atomic E-state index is 11.6. The predicted molar refractivity (Wildman–Crippen MR) is 159 cm³/mol. The number of hydrogen-bond donors (Lipinski definition) is 0. The lowest BCUT2D eigenvalue weighted by Gasteiger charge is -2.26. The molecule has 2 aromatic rings. The number of aldehydes is 1. The van der Waals surface area contributed by atoms with Gasteiger partial charge in [0.05, 0.1) is 26.4 Å². The van der Waals surface area contributed by atoms with Crippen LogP contribution in [-0.2, 0) is 25.2 Å². The summed E-state index contributed by atoms with van der Waals surface area (Å²) in [5, 5.41) is 3.44. The van der Waals surface area contributed by atoms with Crippen molar-refractivity contribution in [1.82, 2.24) is 5.06 Å². The zero-order chi connectivity index (χ0) is 27.8. The van der Waals surface area contributed by atoms with Gasteiger partial charge in [0.15, 0.2) is 0 Å². The molecule has 7 heteroatoms. The van der Waals surface area contributed by atoms with Crippen molar-refractivity contribution in [3.63, 3.8) is 0 Å². The second kappa shape index (κ2) is 11.2. The first-order valence-electron chi connectivity index (χ1n) is 13.5. The van der Waals surface area contributed by atoms with E-state index in [-0.39, 0.29) is 10.8 Å². The van der Waals surface area contributed by atoms with Gasteiger partial charge in [0, 0.05) is 45.3 Å². The number of anilines is 1. The molecule has 0 bridgehead atoms. The number of nitrogens with zero attached hydrogens (tertiary/aromatic N) is 2. The van der Waals surface area contributed by atoms with Crippen LogP contribution in [0.3, 0.4) is 0 Å². The Morgan fingerprint density at radius 2 is 1.67 bits per heavy atom. The maximum Gasteiger partial charge on any atom is 0.139 e. The maximum absolute atomic E-state index is 11.6. The van der Waals surface area contributed by atoms with Crippen molar-refractivity contribution in [2.24, 2.45) is 0 Å². The Kier molecular flexibility index (Phi) is 8.10. The Morgan fingerprint density at radius 3 is 2.38 bits per heavy atom. The van der Waals surface area contributed by atoms with Crippen LogP contribution >= 0.6 is 23.2 Å². The van der Waals surface area contributed by atoms with Gasteiger partial charge in [-0.2, -0.15) is 5.06 Å². The molecule has 39 heavy (non-hydrogen) atoms. The number of benzene rings is 2. The van der Waals surface area contributed by atoms with E-state index in [1.807, 2.05) is 29.3 Å². The van der Waals surface area contributed by atoms with Crippen molar-refractivity contribution in [3.05, 3.63) is 92.6 Å². The summed E-state index contributed by atoms with van der Waals surface area (Å²) in [6.07, 6.45) is 8.22. The smallest absolute Gasteiger partial charge is 0.139 e. The molecular weight excluding hydrogens is 531 g/mol. The molecule has 2 aromatic carbocycles. The molecular formula is C32H36Cl2N2O3. The van der Waals surface area contributed by atoms with E-state index in [0.717, 1.165) is 47.8 Å². The number of allylic oxidation sites excluding steroid dienone is 5. The highest BCUT2D eigenvalue weighted by atomic mass is 35.5. The van der Waals surface area contributed by atoms with E-state index in [0.29, 0.717) is 31.4 Å². The van der Waals surface area contributed by atoms with Crippen LogP contribution in [0.1, 0.15) is 50.8 Å². The number of hydrogen-bond acceptors (Lipinski definition) is 5. The number of carbonyl (C=O) groups excluding carboxylic acids is 1. The molecule has 0 aromatic heterocycles. The highest BCUT2D eigenvalue weighted by molar-refractivity contribution is 6.31. The Balaban J connectivity index is 1.48. The molecule has 0 unspecified atom stereocenters. The van der Waals surface area contributed by atoms with E-state index in [1.165, 1.54) is 22.3 Å². The van der Waals surface area contributed by atoms with Gasteiger partial charge in [-0.05, 0) is 70.7 Å². The first kappa shape index (κ1) is 28.1. The van der Waals surface area contributed by atoms with Crippen LogP contribution in [0.25, 0.3) is 5.57 Å². The molecule has 0 radical (unpaired) electrons. The Bertz CT molecular complexity index is 1350. The minimum atomic E-state index is -0.293. The largest absolute Gasteiger partial charge is 0.379 e. The molecule has 5 rings (SSSR count). The SMILES string of the molecule is CC1(C)C(/C=C/C=C2/N(CC=O)c3ccc(Cl)cc3C2(C)C)=C(CCON2CCOCC2)c2ccc(Cl)cc21. The molecule has 2 heterocycles. The van der Waals surface area contributed by atoms with E-state index in [1.54, 1.807) is 0 Å². The second-order valence-corrected chi connectivity index (χ2v) is 12.2. The normalized spacial score (nSPS) is 21.2. The average Bonchev–Trinajstić information content (AvgIpc) is 3.24. The van der Waals surface area contributed by atoms with Crippen LogP contribution in [0.5, 0.6) is 0 Å². The fraction of sp³-hybridized carbons (Fsp3) is 0.406. The van der Waals surface area contributed by atoms with Gasteiger partial charge in [-0.3, -0.25) is 4.84 Å². The Morgan fingerprint density at radius 1 is 0.974 bits per heavy atom. The molecule has 206 valence electrons. The standard InChI is InChI=1S/C32H36Cl2N2O3/c1-31(2)26(6-5-7-30-32(3,4)28-21-23(34)9-11-29(28)36(30)13-16-37)25(24-10-8-22(33)20-27(24)31)12-17-39-35-14-18-38-19-15-35/h5-11,16,20-21H,12-15,17-19H2,1-4H3/b6-5+,30-7+. The number of rotatable bonds is 8. The summed E-state index contributed by atoms with van der Waals surface area (Å²) in [6.45, 7) is 12.7. The van der Waals surface area contributed by atoms with Crippen molar-refractivity contribution in [3.8, 4) is 0 Å². The van der Waals surface area contributed by atoms with Crippen LogP contribution in [0.4, 0.5) is 5.69 Å². The van der Waals surface area contributed by atoms with E-state index < -0.39 is 0 Å². The van der Waals surface area contributed by atoms with Crippen molar-refractivity contribution in [2.75, 3.05) is 44.4 Å². The van der Waals surface area contributed by atoms with Crippen molar-refractivity contribution in [2.45, 2.75) is 44.9 Å². The third kappa shape index (κ3) is 5.36. The average molecular weight is 568 g/mol. The minimum Gasteiger partial charge on any atom is -0.379 e. The second-order valence-electron chi connectivity index (χ2n) is 11.3. The number of fused-ring (bicyclic) bond motifs is 2. The van der Waals surface area contributed by atoms with Crippen molar-refractivity contribution in [1.29, 1.82) is 0 Å². The molecule has 2 aliphatic heterocycles. The fourth-order valence-electron chi connectivity index (χ4n) is 6.15. The summed E-state index contributed by atoms with van der Waals surface area (Å²) in [7, 11) is 0. The summed E-state index contributed by atoms with van der Waals surface area (Å²) in [5.41, 5.74) is 7.70. The number of halogens is 2. The lowest BCUT2D eigenvalue weighted by Crippen LogP contribution is -2.36. The monoisotopic (exact) mass is 566 g/mol. The van der Waals surface area contributed by atoms with Crippen LogP contribution in [-0.4, -0.2) is 50.8 Å². The third-order valence-corrected chi connectivity index (χ3v) is 8.67. The van der Waals surface area contributed by atoms with Gasteiger partial charge in [0.1, 0.15) is 6.29 Å². The number of carbonyl (C=O) groups is 1. The Hall–Kier alpha value is -2.41. The van der Waals surface area contributed by atoms with Gasteiger partial charge in [-0.25, -0.2) is 0 Å². The molecule has 0 saturated carbocycles. The zero-order valence-corrected chi connectivity index (χ0v) is 24.6. The third-order valence-electron chi connectivity index (χ3n) is 8.20. The summed E-state index contributed by atoms with van der Waals surface area (Å²) in [5.74, 6) is 0. The highest BCUT2D eigenvalue weighted by Gasteiger charge is 2.40. The molecule has 1 aliphatic carbocycles. The number of hydroxylamine groups is 2. The van der Waals surface area contributed by atoms with Crippen LogP contribution < -0.4 is 4.90 Å². The summed E-state index contributed by atoms with van der Waals surface area (Å²) >= 11 is 12.8. The Labute approximate surface area is 241 Å². The summed E-state index contributed by atoms with van der Waals surface area (Å²) in [6, 6.07) is 12.1. The quantitative estimate of drug-likeness (QED) is 0.318. The molecule has 0 atom stereocenters. The first-order chi connectivity index (χ1) is 18.6. The van der Waals surface area contributed by atoms with E-state index in [2.05, 4.69) is 63.0 Å². The lowest BCUT2D eigenvalue weighted by molar-refractivity contribution is -0.192. The van der Waals surface area contributed by atoms with E-state index in [9.17, 15) is 4.79 Å². The van der Waals surface area contributed by atoms with Gasteiger partial charge < -0.3 is 14.4 Å². The number of morpholine rings is 1. The van der Waals surface area contributed by atoms with Gasteiger partial charge in [-0.1, -0.05) is 69.1 Å². The summed E-state index contributed by atoms with van der Waals surface area (Å²) < 4.78 is 5.44. The topological polar surface area (TPSA) is 42.0 Å². The van der Waals surface area contributed by atoms with E-state index >= 15 is 0 Å². The molecule has 5 nitrogen and oxygen atoms in total. The predicted octanol–water partition coefficient (Wildman–Crippen LogP) is 7.13. The zero-order valence-electron chi connectivity index (χ0n) is 23.1. The molecule has 1 fully saturated rings. The van der Waals surface area contributed by atoms with Crippen molar-refractivity contribution >= 4 is 40.7 Å². The molecule has 1 saturated heterocycles. The lowest BCUT2D eigenvalue weighted by atomic mass is 9.80. The van der Waals surface area contributed by atoms with E-state index in [4.69, 9.17) is 32.8 Å². The number of ether oxygens (including phenoxy) is 1. The van der Waals surface area contributed by atoms with Crippen LogP contribution in [0.2, 0.25) is 10.0 Å². The highest BCUT2D eigenvalue weighted by Crippen LogP contribution is 2.50. The molecule has 0 spiro atoms. The van der Waals surface area contributed by atoms with Gasteiger partial charge in [0.2, 0.25) is 0 Å². The van der Waals surface area contributed by atoms with Gasteiger partial charge in [0.25, 0.3) is 0 Å². The van der Waals surface area contributed by atoms with Crippen LogP contribution in [0.15, 0.2) is 65.9 Å². The molecule has 0 N–H and O–H groups in total. The first-order valence-corrected chi connectivity index (χ1v) is 14.3. The van der Waals surface area contributed by atoms with Crippen LogP contribution in [0, 0.1) is 0 Å². The molecule has 3 aliphatic rings. The van der Waals surface area contributed by atoms with Crippen molar-refractivity contribution < 1.29 is 14.4 Å². The van der Waals surface area contributed by atoms with Gasteiger partial charge >= 0.3 is 0 Å². The summed E-state index contributed by atoms with van der Waals surface area (Å²) in [4.78, 5) is 19.8. The van der Waals surface area contributed by atoms with Gasteiger partial charge in [-0.15, -0.1) is 0 Å². The fourth-order valence-corrected chi connectivity index (χ4v) is 6.49. The minimum absolute atomic E-state index is 0.215.